The van der Waals surface area contributed by atoms with Crippen LogP contribution < -0.4 is 14.4 Å². The van der Waals surface area contributed by atoms with Crippen LogP contribution in [0.4, 0.5) is 10.1 Å². The van der Waals surface area contributed by atoms with Crippen LogP contribution in [0.1, 0.15) is 5.56 Å². The lowest BCUT2D eigenvalue weighted by Crippen LogP contribution is -2.41. The van der Waals surface area contributed by atoms with E-state index >= 15 is 0 Å². The molecule has 0 saturated heterocycles. The lowest BCUT2D eigenvalue weighted by molar-refractivity contribution is -0.119. The fourth-order valence-corrected chi connectivity index (χ4v) is 4.61. The molecular weight excluding hydrogens is 455 g/mol. The summed E-state index contributed by atoms with van der Waals surface area (Å²) in [5, 5.41) is 3.36. The summed E-state index contributed by atoms with van der Waals surface area (Å²) in [5.74, 6) is -0.768. The number of hydrogen-bond donors (Lipinski definition) is 1. The predicted octanol–water partition coefficient (Wildman–Crippen LogP) is 4.04. The quantitative estimate of drug-likeness (QED) is 0.505. The number of para-hydroxylation sites is 2. The Kier molecular flexibility index (Phi) is 7.71. The first-order valence-electron chi connectivity index (χ1n) is 9.74. The average molecular weight is 477 g/mol. The van der Waals surface area contributed by atoms with Crippen LogP contribution in [-0.2, 0) is 21.2 Å². The van der Waals surface area contributed by atoms with E-state index in [-0.39, 0.29) is 16.3 Å². The van der Waals surface area contributed by atoms with Crippen LogP contribution >= 0.6 is 11.6 Å². The highest BCUT2D eigenvalue weighted by molar-refractivity contribution is 7.92. The molecule has 0 heterocycles. The number of anilines is 1. The van der Waals surface area contributed by atoms with Crippen molar-refractivity contribution >= 4 is 33.2 Å². The number of sulfonamides is 1. The molecular formula is C23H22ClFN2O4S. The summed E-state index contributed by atoms with van der Waals surface area (Å²) in [6, 6.07) is 18.1. The number of hydrogen-bond acceptors (Lipinski definition) is 4. The van der Waals surface area contributed by atoms with Crippen molar-refractivity contribution in [1.82, 2.24) is 5.32 Å². The second kappa shape index (κ2) is 10.5. The fraction of sp³-hybridized carbons (Fsp3) is 0.174. The van der Waals surface area contributed by atoms with E-state index in [1.165, 1.54) is 7.11 Å². The Labute approximate surface area is 191 Å². The van der Waals surface area contributed by atoms with Gasteiger partial charge in [0, 0.05) is 11.6 Å². The molecule has 3 aromatic rings. The van der Waals surface area contributed by atoms with Crippen molar-refractivity contribution in [1.29, 1.82) is 0 Å². The van der Waals surface area contributed by atoms with Gasteiger partial charge in [0.15, 0.2) is 0 Å². The Morgan fingerprint density at radius 2 is 1.69 bits per heavy atom. The number of carbonyl (C=O) groups is 1. The zero-order valence-corrected chi connectivity index (χ0v) is 18.9. The first-order chi connectivity index (χ1) is 15.3. The standard InChI is InChI=1S/C23H22ClFN2O4S/c1-31-22-5-3-2-4-21(22)27(32(29,30)20-12-10-19(25)11-13-20)16-23(28)26-15-14-17-6-8-18(24)9-7-17/h2-13H,14-16H2,1H3,(H,26,28). The molecule has 0 spiro atoms. The van der Waals surface area contributed by atoms with E-state index in [2.05, 4.69) is 5.32 Å². The van der Waals surface area contributed by atoms with Crippen LogP contribution in [0.25, 0.3) is 0 Å². The molecule has 3 rings (SSSR count). The van der Waals surface area contributed by atoms with Crippen molar-refractivity contribution in [3.05, 3.63) is 89.2 Å². The minimum Gasteiger partial charge on any atom is -0.495 e. The summed E-state index contributed by atoms with van der Waals surface area (Å²) in [4.78, 5) is 12.5. The number of amides is 1. The molecule has 0 aliphatic heterocycles. The summed E-state index contributed by atoms with van der Waals surface area (Å²) in [6.07, 6.45) is 0.558. The topological polar surface area (TPSA) is 75.7 Å². The van der Waals surface area contributed by atoms with Gasteiger partial charge in [-0.3, -0.25) is 9.10 Å². The molecule has 0 aliphatic rings. The Balaban J connectivity index is 1.81. The molecule has 9 heteroatoms. The van der Waals surface area contributed by atoms with Crippen molar-refractivity contribution in [3.63, 3.8) is 0 Å². The number of methoxy groups -OCH3 is 1. The predicted molar refractivity (Wildman–Crippen MR) is 122 cm³/mol. The summed E-state index contributed by atoms with van der Waals surface area (Å²) < 4.78 is 46.2. The molecule has 0 aliphatic carbocycles. The van der Waals surface area contributed by atoms with E-state index < -0.39 is 28.3 Å². The normalized spacial score (nSPS) is 11.1. The highest BCUT2D eigenvalue weighted by Crippen LogP contribution is 2.32. The zero-order chi connectivity index (χ0) is 23.1. The van der Waals surface area contributed by atoms with Crippen LogP contribution in [0.3, 0.4) is 0 Å². The minimum atomic E-state index is -4.17. The lowest BCUT2D eigenvalue weighted by atomic mass is 10.1. The largest absolute Gasteiger partial charge is 0.495 e. The van der Waals surface area contributed by atoms with Crippen LogP contribution in [0.2, 0.25) is 5.02 Å². The number of benzene rings is 3. The Morgan fingerprint density at radius 1 is 1.03 bits per heavy atom. The second-order valence-corrected chi connectivity index (χ2v) is 9.16. The Hall–Kier alpha value is -3.10. The first-order valence-corrected chi connectivity index (χ1v) is 11.6. The van der Waals surface area contributed by atoms with Gasteiger partial charge < -0.3 is 10.1 Å². The smallest absolute Gasteiger partial charge is 0.264 e. The third-order valence-corrected chi connectivity index (χ3v) is 6.72. The summed E-state index contributed by atoms with van der Waals surface area (Å²) in [6.45, 7) is -0.155. The molecule has 3 aromatic carbocycles. The fourth-order valence-electron chi connectivity index (χ4n) is 3.05. The third-order valence-electron chi connectivity index (χ3n) is 4.69. The third kappa shape index (κ3) is 5.77. The van der Waals surface area contributed by atoms with E-state index in [1.807, 2.05) is 12.1 Å². The van der Waals surface area contributed by atoms with Crippen LogP contribution in [0, 0.1) is 5.82 Å². The van der Waals surface area contributed by atoms with Crippen molar-refractivity contribution < 1.29 is 22.3 Å². The van der Waals surface area contributed by atoms with E-state index in [4.69, 9.17) is 16.3 Å². The van der Waals surface area contributed by atoms with Crippen molar-refractivity contribution in [3.8, 4) is 5.75 Å². The Bertz CT molecular complexity index is 1170. The van der Waals surface area contributed by atoms with Gasteiger partial charge in [0.05, 0.1) is 17.7 Å². The van der Waals surface area contributed by atoms with Gasteiger partial charge in [-0.1, -0.05) is 35.9 Å². The SMILES string of the molecule is COc1ccccc1N(CC(=O)NCCc1ccc(Cl)cc1)S(=O)(=O)c1ccc(F)cc1. The first kappa shape index (κ1) is 23.6. The van der Waals surface area contributed by atoms with Gasteiger partial charge in [0.2, 0.25) is 5.91 Å². The maximum atomic E-state index is 13.3. The van der Waals surface area contributed by atoms with Gasteiger partial charge in [-0.2, -0.15) is 0 Å². The molecule has 168 valence electrons. The lowest BCUT2D eigenvalue weighted by Gasteiger charge is -2.25. The summed E-state index contributed by atoms with van der Waals surface area (Å²) in [7, 11) is -2.76. The summed E-state index contributed by atoms with van der Waals surface area (Å²) in [5.41, 5.74) is 1.18. The molecule has 0 saturated carbocycles. The van der Waals surface area contributed by atoms with E-state index in [0.717, 1.165) is 34.1 Å². The van der Waals surface area contributed by atoms with E-state index in [1.54, 1.807) is 36.4 Å². The Morgan fingerprint density at radius 3 is 2.34 bits per heavy atom. The summed E-state index contributed by atoms with van der Waals surface area (Å²) >= 11 is 5.88. The maximum absolute atomic E-state index is 13.3. The monoisotopic (exact) mass is 476 g/mol. The minimum absolute atomic E-state index is 0.140. The number of halogens is 2. The van der Waals surface area contributed by atoms with Gasteiger partial charge in [-0.25, -0.2) is 12.8 Å². The molecule has 0 radical (unpaired) electrons. The number of rotatable bonds is 9. The van der Waals surface area contributed by atoms with E-state index in [0.29, 0.717) is 18.0 Å². The molecule has 32 heavy (non-hydrogen) atoms. The highest BCUT2D eigenvalue weighted by Gasteiger charge is 2.29. The van der Waals surface area contributed by atoms with Crippen molar-refractivity contribution in [2.75, 3.05) is 24.5 Å². The van der Waals surface area contributed by atoms with Crippen LogP contribution in [0.15, 0.2) is 77.7 Å². The second-order valence-electron chi connectivity index (χ2n) is 6.86. The van der Waals surface area contributed by atoms with Crippen molar-refractivity contribution in [2.45, 2.75) is 11.3 Å². The zero-order valence-electron chi connectivity index (χ0n) is 17.3. The maximum Gasteiger partial charge on any atom is 0.264 e. The molecule has 0 aromatic heterocycles. The number of nitrogens with zero attached hydrogens (tertiary/aromatic N) is 1. The van der Waals surface area contributed by atoms with Gasteiger partial charge in [0.25, 0.3) is 10.0 Å². The number of ether oxygens (including phenoxy) is 1. The molecule has 1 N–H and O–H groups in total. The van der Waals surface area contributed by atoms with Gasteiger partial charge in [0.1, 0.15) is 18.1 Å². The van der Waals surface area contributed by atoms with Gasteiger partial charge in [-0.15, -0.1) is 0 Å². The van der Waals surface area contributed by atoms with Crippen molar-refractivity contribution in [2.24, 2.45) is 0 Å². The van der Waals surface area contributed by atoms with Gasteiger partial charge >= 0.3 is 0 Å². The molecule has 0 fully saturated rings. The number of nitrogens with one attached hydrogen (secondary N) is 1. The average Bonchev–Trinajstić information content (AvgIpc) is 2.79. The van der Waals surface area contributed by atoms with Crippen LogP contribution in [0.5, 0.6) is 5.75 Å². The molecule has 1 amide bonds. The molecule has 0 bridgehead atoms. The van der Waals surface area contributed by atoms with E-state index in [9.17, 15) is 17.6 Å². The van der Waals surface area contributed by atoms with Gasteiger partial charge in [-0.05, 0) is 60.5 Å². The molecule has 0 unspecified atom stereocenters. The molecule has 0 atom stereocenters. The molecule has 6 nitrogen and oxygen atoms in total. The van der Waals surface area contributed by atoms with Crippen LogP contribution in [-0.4, -0.2) is 34.5 Å². The highest BCUT2D eigenvalue weighted by atomic mass is 35.5. The number of carbonyl (C=O) groups excluding carboxylic acids is 1.